The Bertz CT molecular complexity index is 603. The highest BCUT2D eigenvalue weighted by Crippen LogP contribution is 2.29. The first-order chi connectivity index (χ1) is 11.4. The molecule has 4 nitrogen and oxygen atoms in total. The summed E-state index contributed by atoms with van der Waals surface area (Å²) in [6.45, 7) is 8.79. The molecule has 0 heterocycles. The molecule has 0 amide bonds. The lowest BCUT2D eigenvalue weighted by atomic mass is 9.78. The third-order valence-corrected chi connectivity index (χ3v) is 5.50. The van der Waals surface area contributed by atoms with E-state index in [2.05, 4.69) is 61.3 Å². The maximum absolute atomic E-state index is 5.38. The highest BCUT2D eigenvalue weighted by atomic mass is 32.1. The zero-order valence-corrected chi connectivity index (χ0v) is 16.5. The van der Waals surface area contributed by atoms with Crippen LogP contribution in [0.5, 0.6) is 0 Å². The Labute approximate surface area is 156 Å². The number of rotatable bonds is 2. The van der Waals surface area contributed by atoms with Gasteiger partial charge in [-0.1, -0.05) is 32.8 Å². The normalized spacial score (nSPS) is 23.2. The molecule has 0 aliphatic heterocycles. The van der Waals surface area contributed by atoms with Gasteiger partial charge in [0.05, 0.1) is 0 Å². The fourth-order valence-corrected chi connectivity index (χ4v) is 3.46. The summed E-state index contributed by atoms with van der Waals surface area (Å²) in [4.78, 5) is 0. The van der Waals surface area contributed by atoms with E-state index in [1.165, 1.54) is 30.4 Å². The van der Waals surface area contributed by atoms with Gasteiger partial charge in [-0.05, 0) is 79.8 Å². The summed E-state index contributed by atoms with van der Waals surface area (Å²) >= 11 is 10.7. The molecular formula is C18H28N4S2. The van der Waals surface area contributed by atoms with E-state index in [-0.39, 0.29) is 0 Å². The van der Waals surface area contributed by atoms with Gasteiger partial charge < -0.3 is 10.6 Å². The average molecular weight is 365 g/mol. The molecule has 0 bridgehead atoms. The molecule has 2 rings (SSSR count). The molecule has 0 radical (unpaired) electrons. The monoisotopic (exact) mass is 364 g/mol. The van der Waals surface area contributed by atoms with Crippen LogP contribution in [0.4, 0.5) is 5.69 Å². The number of anilines is 1. The first kappa shape index (κ1) is 18.9. The van der Waals surface area contributed by atoms with Crippen molar-refractivity contribution in [2.24, 2.45) is 11.8 Å². The van der Waals surface area contributed by atoms with Crippen LogP contribution in [0, 0.1) is 25.7 Å². The van der Waals surface area contributed by atoms with Crippen molar-refractivity contribution in [3.05, 3.63) is 29.3 Å². The van der Waals surface area contributed by atoms with Gasteiger partial charge in [-0.15, -0.1) is 0 Å². The molecular weight excluding hydrogens is 336 g/mol. The van der Waals surface area contributed by atoms with Gasteiger partial charge in [-0.2, -0.15) is 0 Å². The fourth-order valence-electron chi connectivity index (χ4n) is 3.09. The lowest BCUT2D eigenvalue weighted by molar-refractivity contribution is 0.224. The van der Waals surface area contributed by atoms with Gasteiger partial charge in [0.25, 0.3) is 0 Å². The predicted molar refractivity (Wildman–Crippen MR) is 110 cm³/mol. The predicted octanol–water partition coefficient (Wildman–Crippen LogP) is 3.79. The van der Waals surface area contributed by atoms with Gasteiger partial charge in [0.1, 0.15) is 0 Å². The summed E-state index contributed by atoms with van der Waals surface area (Å²) in [6.07, 6.45) is 3.73. The molecule has 1 aliphatic carbocycles. The van der Waals surface area contributed by atoms with Crippen molar-refractivity contribution < 1.29 is 0 Å². The van der Waals surface area contributed by atoms with Crippen molar-refractivity contribution in [1.82, 2.24) is 16.2 Å². The van der Waals surface area contributed by atoms with Gasteiger partial charge >= 0.3 is 0 Å². The standard InChI is InChI=1S/C18H28N4S2/c1-11-8-9-15(10-13(11)3)19-17(23)21-22-18(24)20-16-7-5-6-12(2)14(16)4/h8-10,12,14,16H,5-7H2,1-4H3,(H2,19,21,23)(H2,20,22,24)/t12-,14-,16-/m0/s1. The lowest BCUT2D eigenvalue weighted by Crippen LogP contribution is -2.53. The van der Waals surface area contributed by atoms with Crippen LogP contribution in [0.3, 0.4) is 0 Å². The van der Waals surface area contributed by atoms with E-state index in [9.17, 15) is 0 Å². The van der Waals surface area contributed by atoms with Crippen molar-refractivity contribution in [3.8, 4) is 0 Å². The molecule has 0 saturated heterocycles. The van der Waals surface area contributed by atoms with Crippen LogP contribution < -0.4 is 21.5 Å². The van der Waals surface area contributed by atoms with E-state index >= 15 is 0 Å². The molecule has 4 N–H and O–H groups in total. The number of thiocarbonyl (C=S) groups is 2. The Morgan fingerprint density at radius 3 is 2.42 bits per heavy atom. The minimum absolute atomic E-state index is 0.428. The zero-order chi connectivity index (χ0) is 17.7. The Balaban J connectivity index is 1.76. The minimum Gasteiger partial charge on any atom is -0.358 e. The first-order valence-electron chi connectivity index (χ1n) is 8.57. The molecule has 1 aromatic rings. The number of nitrogens with one attached hydrogen (secondary N) is 4. The zero-order valence-electron chi connectivity index (χ0n) is 14.9. The third kappa shape index (κ3) is 5.31. The molecule has 1 saturated carbocycles. The first-order valence-corrected chi connectivity index (χ1v) is 9.39. The Morgan fingerprint density at radius 2 is 1.71 bits per heavy atom. The van der Waals surface area contributed by atoms with E-state index in [0.29, 0.717) is 22.2 Å². The largest absolute Gasteiger partial charge is 0.358 e. The summed E-state index contributed by atoms with van der Waals surface area (Å²) in [7, 11) is 0. The quantitative estimate of drug-likeness (QED) is 0.473. The molecule has 1 fully saturated rings. The molecule has 3 atom stereocenters. The summed E-state index contributed by atoms with van der Waals surface area (Å²) < 4.78 is 0. The lowest BCUT2D eigenvalue weighted by Gasteiger charge is -2.35. The summed E-state index contributed by atoms with van der Waals surface area (Å²) in [5.41, 5.74) is 9.38. The SMILES string of the molecule is Cc1ccc(NC(=S)NNC(=S)N[C@H]2CCC[C@H](C)[C@@H]2C)cc1C. The second-order valence-electron chi connectivity index (χ2n) is 6.85. The van der Waals surface area contributed by atoms with Crippen LogP contribution in [0.1, 0.15) is 44.2 Å². The fraction of sp³-hybridized carbons (Fsp3) is 0.556. The smallest absolute Gasteiger partial charge is 0.189 e. The maximum atomic E-state index is 5.38. The van der Waals surface area contributed by atoms with Gasteiger partial charge in [0.2, 0.25) is 0 Å². The van der Waals surface area contributed by atoms with Crippen molar-refractivity contribution in [1.29, 1.82) is 0 Å². The number of hydrogen-bond donors (Lipinski definition) is 4. The van der Waals surface area contributed by atoms with E-state index in [4.69, 9.17) is 24.4 Å². The second-order valence-corrected chi connectivity index (χ2v) is 7.67. The summed E-state index contributed by atoms with van der Waals surface area (Å²) in [5.74, 6) is 1.36. The molecule has 1 aliphatic rings. The maximum Gasteiger partial charge on any atom is 0.189 e. The van der Waals surface area contributed by atoms with Crippen LogP contribution in [0.2, 0.25) is 0 Å². The topological polar surface area (TPSA) is 48.1 Å². The second kappa shape index (κ2) is 8.62. The van der Waals surface area contributed by atoms with Gasteiger partial charge in [0, 0.05) is 11.7 Å². The molecule has 6 heteroatoms. The van der Waals surface area contributed by atoms with Gasteiger partial charge in [-0.25, -0.2) is 0 Å². The van der Waals surface area contributed by atoms with E-state index < -0.39 is 0 Å². The van der Waals surface area contributed by atoms with Crippen LogP contribution in [0.15, 0.2) is 18.2 Å². The molecule has 132 valence electrons. The van der Waals surface area contributed by atoms with Crippen molar-refractivity contribution in [2.45, 2.75) is 53.0 Å². The molecule has 0 spiro atoms. The van der Waals surface area contributed by atoms with Crippen LogP contribution in [-0.2, 0) is 0 Å². The van der Waals surface area contributed by atoms with E-state index in [1.807, 2.05) is 6.07 Å². The Kier molecular flexibility index (Phi) is 6.80. The van der Waals surface area contributed by atoms with Crippen molar-refractivity contribution in [3.63, 3.8) is 0 Å². The van der Waals surface area contributed by atoms with Crippen LogP contribution in [0.25, 0.3) is 0 Å². The van der Waals surface area contributed by atoms with Crippen LogP contribution in [-0.4, -0.2) is 16.3 Å². The number of aryl methyl sites for hydroxylation is 2. The van der Waals surface area contributed by atoms with Crippen molar-refractivity contribution >= 4 is 40.3 Å². The molecule has 1 aromatic carbocycles. The van der Waals surface area contributed by atoms with Crippen LogP contribution >= 0.6 is 24.4 Å². The summed E-state index contributed by atoms with van der Waals surface area (Å²) in [6, 6.07) is 6.59. The number of hydrazine groups is 1. The molecule has 24 heavy (non-hydrogen) atoms. The third-order valence-electron chi connectivity index (χ3n) is 5.08. The average Bonchev–Trinajstić information content (AvgIpc) is 2.53. The van der Waals surface area contributed by atoms with Gasteiger partial charge in [-0.3, -0.25) is 10.9 Å². The van der Waals surface area contributed by atoms with E-state index in [1.54, 1.807) is 0 Å². The van der Waals surface area contributed by atoms with Gasteiger partial charge in [0.15, 0.2) is 10.2 Å². The Morgan fingerprint density at radius 1 is 1.00 bits per heavy atom. The molecule has 0 unspecified atom stereocenters. The summed E-state index contributed by atoms with van der Waals surface area (Å²) in [5, 5.41) is 7.64. The molecule has 0 aromatic heterocycles. The highest BCUT2D eigenvalue weighted by molar-refractivity contribution is 7.80. The number of benzene rings is 1. The highest BCUT2D eigenvalue weighted by Gasteiger charge is 2.27. The number of hydrogen-bond acceptors (Lipinski definition) is 2. The van der Waals surface area contributed by atoms with Crippen molar-refractivity contribution in [2.75, 3.05) is 5.32 Å². The Hall–Kier alpha value is -1.40. The minimum atomic E-state index is 0.428. The van der Waals surface area contributed by atoms with E-state index in [0.717, 1.165) is 11.6 Å².